The van der Waals surface area contributed by atoms with E-state index in [4.69, 9.17) is 5.11 Å². The zero-order valence-corrected chi connectivity index (χ0v) is 16.5. The average Bonchev–Trinajstić information content (AvgIpc) is 3.04. The van der Waals surface area contributed by atoms with Crippen molar-refractivity contribution in [2.75, 3.05) is 10.6 Å². The second kappa shape index (κ2) is 7.47. The Morgan fingerprint density at radius 3 is 2.60 bits per heavy atom. The molecule has 2 amide bonds. The van der Waals surface area contributed by atoms with Crippen molar-refractivity contribution < 1.29 is 19.5 Å². The number of nitrogens with one attached hydrogen (secondary N) is 2. The molecule has 0 radical (unpaired) electrons. The van der Waals surface area contributed by atoms with Gasteiger partial charge < -0.3 is 15.7 Å². The van der Waals surface area contributed by atoms with Crippen molar-refractivity contribution >= 4 is 29.3 Å². The van der Waals surface area contributed by atoms with Crippen molar-refractivity contribution in [1.82, 2.24) is 9.78 Å². The van der Waals surface area contributed by atoms with Crippen molar-refractivity contribution in [3.8, 4) is 11.3 Å². The lowest BCUT2D eigenvalue weighted by Crippen LogP contribution is -2.36. The number of carbonyl (C=O) groups is 3. The Bertz CT molecular complexity index is 1160. The van der Waals surface area contributed by atoms with E-state index in [1.54, 1.807) is 12.1 Å². The SMILES string of the molecule is Cc1ccc(-c2nn3c(c2C)NC(=O)CC3C(=O)Nc2cccc(C(=O)O)c2)cc1. The predicted octanol–water partition coefficient (Wildman–Crippen LogP) is 3.39. The lowest BCUT2D eigenvalue weighted by molar-refractivity contribution is -0.125. The Morgan fingerprint density at radius 2 is 1.90 bits per heavy atom. The third-order valence-electron chi connectivity index (χ3n) is 5.08. The number of rotatable bonds is 4. The van der Waals surface area contributed by atoms with Crippen LogP contribution in [0.4, 0.5) is 11.5 Å². The molecule has 3 N–H and O–H groups in total. The molecule has 1 aliphatic heterocycles. The molecule has 0 spiro atoms. The number of hydrogen-bond donors (Lipinski definition) is 3. The van der Waals surface area contributed by atoms with Gasteiger partial charge in [0.25, 0.3) is 0 Å². The van der Waals surface area contributed by atoms with Gasteiger partial charge in [-0.25, -0.2) is 9.48 Å². The Balaban J connectivity index is 1.68. The summed E-state index contributed by atoms with van der Waals surface area (Å²) in [7, 11) is 0. The lowest BCUT2D eigenvalue weighted by atomic mass is 10.1. The molecule has 0 aliphatic carbocycles. The van der Waals surface area contributed by atoms with E-state index >= 15 is 0 Å². The number of carbonyl (C=O) groups excluding carboxylic acids is 2. The Hall–Kier alpha value is -3.94. The summed E-state index contributed by atoms with van der Waals surface area (Å²) in [6.45, 7) is 3.85. The molecule has 3 aromatic rings. The van der Waals surface area contributed by atoms with Crippen LogP contribution in [-0.4, -0.2) is 32.7 Å². The molecule has 4 rings (SSSR count). The molecule has 0 saturated heterocycles. The number of fused-ring (bicyclic) bond motifs is 1. The summed E-state index contributed by atoms with van der Waals surface area (Å²) in [5, 5.41) is 19.3. The smallest absolute Gasteiger partial charge is 0.335 e. The van der Waals surface area contributed by atoms with Crippen LogP contribution in [0.3, 0.4) is 0 Å². The third kappa shape index (κ3) is 3.55. The average molecular weight is 404 g/mol. The van der Waals surface area contributed by atoms with Gasteiger partial charge in [-0.1, -0.05) is 35.9 Å². The second-order valence-electron chi connectivity index (χ2n) is 7.28. The van der Waals surface area contributed by atoms with E-state index in [2.05, 4.69) is 15.7 Å². The van der Waals surface area contributed by atoms with E-state index in [9.17, 15) is 14.4 Å². The van der Waals surface area contributed by atoms with E-state index in [0.717, 1.165) is 16.7 Å². The van der Waals surface area contributed by atoms with Gasteiger partial charge in [-0.2, -0.15) is 5.10 Å². The van der Waals surface area contributed by atoms with Gasteiger partial charge in [0.2, 0.25) is 11.8 Å². The summed E-state index contributed by atoms with van der Waals surface area (Å²) >= 11 is 0. The first-order chi connectivity index (χ1) is 14.3. The monoisotopic (exact) mass is 404 g/mol. The number of amides is 2. The van der Waals surface area contributed by atoms with Gasteiger partial charge in [0.05, 0.1) is 17.7 Å². The largest absolute Gasteiger partial charge is 0.478 e. The minimum Gasteiger partial charge on any atom is -0.478 e. The maximum Gasteiger partial charge on any atom is 0.335 e. The fourth-order valence-electron chi connectivity index (χ4n) is 3.48. The summed E-state index contributed by atoms with van der Waals surface area (Å²) in [4.78, 5) is 36.4. The fourth-order valence-corrected chi connectivity index (χ4v) is 3.48. The minimum atomic E-state index is -1.09. The summed E-state index contributed by atoms with van der Waals surface area (Å²) in [6.07, 6.45) is -0.0636. The van der Waals surface area contributed by atoms with Crippen molar-refractivity contribution in [3.05, 3.63) is 65.2 Å². The van der Waals surface area contributed by atoms with E-state index < -0.39 is 17.9 Å². The maximum atomic E-state index is 13.0. The molecule has 1 unspecified atom stereocenters. The lowest BCUT2D eigenvalue weighted by Gasteiger charge is -2.24. The molecule has 8 nitrogen and oxygen atoms in total. The van der Waals surface area contributed by atoms with Gasteiger partial charge in [-0.3, -0.25) is 9.59 Å². The van der Waals surface area contributed by atoms with E-state index in [0.29, 0.717) is 17.2 Å². The molecule has 0 saturated carbocycles. The maximum absolute atomic E-state index is 13.0. The van der Waals surface area contributed by atoms with Crippen LogP contribution >= 0.6 is 0 Å². The molecular formula is C22H20N4O4. The molecule has 152 valence electrons. The number of benzene rings is 2. The summed E-state index contributed by atoms with van der Waals surface area (Å²) in [5.74, 6) is -1.32. The Labute approximate surface area is 172 Å². The van der Waals surface area contributed by atoms with Crippen LogP contribution in [0.2, 0.25) is 0 Å². The highest BCUT2D eigenvalue weighted by atomic mass is 16.4. The van der Waals surface area contributed by atoms with Crippen LogP contribution in [0.15, 0.2) is 48.5 Å². The molecule has 1 aromatic heterocycles. The number of carboxylic acids is 1. The predicted molar refractivity (Wildman–Crippen MR) is 111 cm³/mol. The molecule has 1 atom stereocenters. The Morgan fingerprint density at radius 1 is 1.17 bits per heavy atom. The second-order valence-corrected chi connectivity index (χ2v) is 7.28. The van der Waals surface area contributed by atoms with Gasteiger partial charge in [0, 0.05) is 16.8 Å². The first kappa shape index (κ1) is 19.4. The third-order valence-corrected chi connectivity index (χ3v) is 5.08. The van der Waals surface area contributed by atoms with Crippen molar-refractivity contribution in [1.29, 1.82) is 0 Å². The summed E-state index contributed by atoms with van der Waals surface area (Å²) in [6, 6.07) is 13.0. The summed E-state index contributed by atoms with van der Waals surface area (Å²) < 4.78 is 1.53. The van der Waals surface area contributed by atoms with Gasteiger partial charge >= 0.3 is 5.97 Å². The van der Waals surface area contributed by atoms with Crippen LogP contribution in [0.5, 0.6) is 0 Å². The fraction of sp³-hybridized carbons (Fsp3) is 0.182. The molecule has 2 heterocycles. The number of aromatic nitrogens is 2. The molecule has 0 fully saturated rings. The zero-order chi connectivity index (χ0) is 21.4. The molecule has 30 heavy (non-hydrogen) atoms. The van der Waals surface area contributed by atoms with E-state index in [-0.39, 0.29) is 17.9 Å². The highest BCUT2D eigenvalue weighted by Crippen LogP contribution is 2.34. The van der Waals surface area contributed by atoms with Crippen LogP contribution in [-0.2, 0) is 9.59 Å². The Kier molecular flexibility index (Phi) is 4.83. The van der Waals surface area contributed by atoms with Crippen LogP contribution < -0.4 is 10.6 Å². The van der Waals surface area contributed by atoms with Gasteiger partial charge in [-0.15, -0.1) is 0 Å². The number of hydrogen-bond acceptors (Lipinski definition) is 4. The molecular weight excluding hydrogens is 384 g/mol. The minimum absolute atomic E-state index is 0.0615. The molecule has 1 aliphatic rings. The van der Waals surface area contributed by atoms with Crippen LogP contribution in [0.1, 0.15) is 33.9 Å². The van der Waals surface area contributed by atoms with Crippen LogP contribution in [0, 0.1) is 13.8 Å². The first-order valence-corrected chi connectivity index (χ1v) is 9.43. The van der Waals surface area contributed by atoms with Gasteiger partial charge in [0.15, 0.2) is 0 Å². The number of nitrogens with zero attached hydrogens (tertiary/aromatic N) is 2. The number of anilines is 2. The molecule has 8 heteroatoms. The summed E-state index contributed by atoms with van der Waals surface area (Å²) in [5.41, 5.74) is 3.88. The van der Waals surface area contributed by atoms with Crippen molar-refractivity contribution in [2.45, 2.75) is 26.3 Å². The van der Waals surface area contributed by atoms with Gasteiger partial charge in [0.1, 0.15) is 11.9 Å². The topological polar surface area (TPSA) is 113 Å². The number of carboxylic acid groups (broad SMARTS) is 1. The standard InChI is InChI=1S/C22H20N4O4/c1-12-6-8-14(9-7-12)19-13(2)20-24-18(27)11-17(26(20)25-19)21(28)23-16-5-3-4-15(10-16)22(29)30/h3-10,17H,11H2,1-2H3,(H,23,28)(H,24,27)(H,29,30). The van der Waals surface area contributed by atoms with Gasteiger partial charge in [-0.05, 0) is 32.0 Å². The first-order valence-electron chi connectivity index (χ1n) is 9.43. The highest BCUT2D eigenvalue weighted by Gasteiger charge is 2.34. The van der Waals surface area contributed by atoms with E-state index in [1.807, 2.05) is 38.1 Å². The van der Waals surface area contributed by atoms with Crippen LogP contribution in [0.25, 0.3) is 11.3 Å². The molecule has 0 bridgehead atoms. The highest BCUT2D eigenvalue weighted by molar-refractivity contribution is 6.02. The van der Waals surface area contributed by atoms with Crippen molar-refractivity contribution in [2.24, 2.45) is 0 Å². The molecule has 2 aromatic carbocycles. The zero-order valence-electron chi connectivity index (χ0n) is 16.5. The normalized spacial score (nSPS) is 15.3. The number of aromatic carboxylic acids is 1. The van der Waals surface area contributed by atoms with E-state index in [1.165, 1.54) is 16.8 Å². The number of aryl methyl sites for hydroxylation is 1. The quantitative estimate of drug-likeness (QED) is 0.617. The van der Waals surface area contributed by atoms with Crippen molar-refractivity contribution in [3.63, 3.8) is 0 Å².